The summed E-state index contributed by atoms with van der Waals surface area (Å²) in [7, 11) is 0. The molecule has 0 aliphatic heterocycles. The average molecular weight is 281 g/mol. The normalized spacial score (nSPS) is 9.90. The van der Waals surface area contributed by atoms with E-state index in [1.165, 1.54) is 5.56 Å². The molecule has 0 saturated carbocycles. The van der Waals surface area contributed by atoms with E-state index in [1.54, 1.807) is 6.07 Å². The Labute approximate surface area is 125 Å². The van der Waals surface area contributed by atoms with Gasteiger partial charge in [-0.25, -0.2) is 0 Å². The molecule has 0 amide bonds. The lowest BCUT2D eigenvalue weighted by atomic mass is 10.2. The second-order valence-corrected chi connectivity index (χ2v) is 4.66. The largest absolute Gasteiger partial charge is 0.493 e. The third-order valence-electron chi connectivity index (χ3n) is 3.15. The number of nitrogens with zero attached hydrogens (tertiary/aromatic N) is 1. The first kappa shape index (κ1) is 14.9. The van der Waals surface area contributed by atoms with Crippen molar-refractivity contribution in [2.45, 2.75) is 19.8 Å². The third kappa shape index (κ3) is 4.54. The summed E-state index contributed by atoms with van der Waals surface area (Å²) in [5, 5.41) is 8.96. The molecular formula is C18H19NO2. The highest BCUT2D eigenvalue weighted by Crippen LogP contribution is 2.17. The Morgan fingerprint density at radius 2 is 1.67 bits per heavy atom. The molecule has 0 atom stereocenters. The summed E-state index contributed by atoms with van der Waals surface area (Å²) in [6, 6.07) is 17.5. The lowest BCUT2D eigenvalue weighted by Gasteiger charge is -2.09. The van der Waals surface area contributed by atoms with Crippen molar-refractivity contribution in [1.82, 2.24) is 0 Å². The van der Waals surface area contributed by atoms with Gasteiger partial charge >= 0.3 is 0 Å². The Balaban J connectivity index is 1.71. The fraction of sp³-hybridized carbons (Fsp3) is 0.278. The van der Waals surface area contributed by atoms with E-state index >= 15 is 0 Å². The molecule has 0 heterocycles. The van der Waals surface area contributed by atoms with E-state index in [-0.39, 0.29) is 0 Å². The number of hydrogen-bond donors (Lipinski definition) is 0. The van der Waals surface area contributed by atoms with Crippen LogP contribution in [-0.2, 0) is 6.42 Å². The van der Waals surface area contributed by atoms with Crippen molar-refractivity contribution in [2.24, 2.45) is 0 Å². The van der Waals surface area contributed by atoms with E-state index in [0.717, 1.165) is 18.6 Å². The number of hydrogen-bond acceptors (Lipinski definition) is 3. The maximum Gasteiger partial charge on any atom is 0.137 e. The van der Waals surface area contributed by atoms with E-state index < -0.39 is 0 Å². The first-order valence-electron chi connectivity index (χ1n) is 7.17. The zero-order valence-corrected chi connectivity index (χ0v) is 12.2. The van der Waals surface area contributed by atoms with E-state index in [1.807, 2.05) is 30.3 Å². The summed E-state index contributed by atoms with van der Waals surface area (Å²) in [6.45, 7) is 3.26. The minimum Gasteiger partial charge on any atom is -0.493 e. The molecule has 0 aliphatic rings. The summed E-state index contributed by atoms with van der Waals surface area (Å²) < 4.78 is 11.3. The second-order valence-electron chi connectivity index (χ2n) is 4.66. The van der Waals surface area contributed by atoms with Crippen molar-refractivity contribution < 1.29 is 9.47 Å². The van der Waals surface area contributed by atoms with Gasteiger partial charge in [-0.3, -0.25) is 0 Å². The minimum absolute atomic E-state index is 0.533. The summed E-state index contributed by atoms with van der Waals surface area (Å²) in [6.07, 6.45) is 1.81. The Morgan fingerprint density at radius 1 is 0.952 bits per heavy atom. The van der Waals surface area contributed by atoms with Crippen LogP contribution < -0.4 is 9.47 Å². The highest BCUT2D eigenvalue weighted by Gasteiger charge is 2.01. The Bertz CT molecular complexity index is 599. The Morgan fingerprint density at radius 3 is 2.38 bits per heavy atom. The fourth-order valence-corrected chi connectivity index (χ4v) is 1.94. The number of rotatable bonds is 7. The topological polar surface area (TPSA) is 42.2 Å². The highest BCUT2D eigenvalue weighted by atomic mass is 16.5. The molecule has 2 aromatic rings. The van der Waals surface area contributed by atoms with Crippen LogP contribution in [0.1, 0.15) is 24.5 Å². The molecule has 3 nitrogen and oxygen atoms in total. The van der Waals surface area contributed by atoms with Gasteiger partial charge in [0.25, 0.3) is 0 Å². The van der Waals surface area contributed by atoms with Gasteiger partial charge in [0.1, 0.15) is 17.6 Å². The second kappa shape index (κ2) is 7.96. The van der Waals surface area contributed by atoms with Crippen LogP contribution >= 0.6 is 0 Å². The highest BCUT2D eigenvalue weighted by molar-refractivity contribution is 5.42. The van der Waals surface area contributed by atoms with Gasteiger partial charge in [-0.2, -0.15) is 5.26 Å². The smallest absolute Gasteiger partial charge is 0.137 e. The summed E-state index contributed by atoms with van der Waals surface area (Å²) in [5.41, 5.74) is 1.87. The van der Waals surface area contributed by atoms with Crippen LogP contribution in [0.5, 0.6) is 11.5 Å². The van der Waals surface area contributed by atoms with E-state index in [9.17, 15) is 0 Å². The zero-order valence-electron chi connectivity index (χ0n) is 12.2. The van der Waals surface area contributed by atoms with Crippen LogP contribution in [0.25, 0.3) is 0 Å². The van der Waals surface area contributed by atoms with Gasteiger partial charge in [0.2, 0.25) is 0 Å². The molecule has 108 valence electrons. The quantitative estimate of drug-likeness (QED) is 0.721. The molecule has 0 aromatic heterocycles. The maximum atomic E-state index is 8.96. The molecule has 0 fully saturated rings. The monoisotopic (exact) mass is 281 g/mol. The first-order valence-corrected chi connectivity index (χ1v) is 7.17. The lowest BCUT2D eigenvalue weighted by molar-refractivity contribution is 0.247. The summed E-state index contributed by atoms with van der Waals surface area (Å²) in [4.78, 5) is 0. The molecule has 2 aromatic carbocycles. The van der Waals surface area contributed by atoms with Crippen LogP contribution in [-0.4, -0.2) is 13.2 Å². The first-order chi connectivity index (χ1) is 10.3. The predicted octanol–water partition coefficient (Wildman–Crippen LogP) is 3.97. The molecule has 0 N–H and O–H groups in total. The van der Waals surface area contributed by atoms with Gasteiger partial charge in [-0.1, -0.05) is 31.2 Å². The average Bonchev–Trinajstić information content (AvgIpc) is 2.55. The van der Waals surface area contributed by atoms with Gasteiger partial charge in [0, 0.05) is 6.42 Å². The molecule has 0 aliphatic carbocycles. The summed E-state index contributed by atoms with van der Waals surface area (Å²) >= 11 is 0. The van der Waals surface area contributed by atoms with Gasteiger partial charge in [0.05, 0.1) is 18.8 Å². The molecule has 3 heteroatoms. The molecule has 0 unspecified atom stereocenters. The molecule has 21 heavy (non-hydrogen) atoms. The zero-order chi connectivity index (χ0) is 14.9. The number of para-hydroxylation sites is 1. The van der Waals surface area contributed by atoms with Crippen LogP contribution in [0.3, 0.4) is 0 Å². The van der Waals surface area contributed by atoms with E-state index in [0.29, 0.717) is 24.5 Å². The standard InChI is InChI=1S/C18H19NO2/c1-2-15-8-10-17(11-9-15)20-12-5-13-21-18-7-4-3-6-16(18)14-19/h3-4,6-11H,2,5,12-13H2,1H3. The number of benzene rings is 2. The van der Waals surface area contributed by atoms with Crippen molar-refractivity contribution in [3.63, 3.8) is 0 Å². The van der Waals surface area contributed by atoms with Crippen molar-refractivity contribution in [3.8, 4) is 17.6 Å². The van der Waals surface area contributed by atoms with Crippen LogP contribution in [0.4, 0.5) is 0 Å². The van der Waals surface area contributed by atoms with Crippen LogP contribution in [0, 0.1) is 11.3 Å². The minimum atomic E-state index is 0.533. The van der Waals surface area contributed by atoms with Crippen molar-refractivity contribution >= 4 is 0 Å². The van der Waals surface area contributed by atoms with E-state index in [4.69, 9.17) is 14.7 Å². The molecular weight excluding hydrogens is 262 g/mol. The van der Waals surface area contributed by atoms with Crippen molar-refractivity contribution in [3.05, 3.63) is 59.7 Å². The lowest BCUT2D eigenvalue weighted by Crippen LogP contribution is -2.05. The van der Waals surface area contributed by atoms with Gasteiger partial charge < -0.3 is 9.47 Å². The number of ether oxygens (including phenoxy) is 2. The molecule has 0 spiro atoms. The van der Waals surface area contributed by atoms with Gasteiger partial charge in [-0.15, -0.1) is 0 Å². The fourth-order valence-electron chi connectivity index (χ4n) is 1.94. The molecule has 0 radical (unpaired) electrons. The van der Waals surface area contributed by atoms with Crippen LogP contribution in [0.15, 0.2) is 48.5 Å². The number of nitriles is 1. The van der Waals surface area contributed by atoms with E-state index in [2.05, 4.69) is 25.1 Å². The van der Waals surface area contributed by atoms with Crippen LogP contribution in [0.2, 0.25) is 0 Å². The van der Waals surface area contributed by atoms with Crippen molar-refractivity contribution in [1.29, 1.82) is 5.26 Å². The maximum absolute atomic E-state index is 8.96. The SMILES string of the molecule is CCc1ccc(OCCCOc2ccccc2C#N)cc1. The summed E-state index contributed by atoms with van der Waals surface area (Å²) in [5.74, 6) is 1.51. The Kier molecular flexibility index (Phi) is 5.66. The Hall–Kier alpha value is -2.47. The van der Waals surface area contributed by atoms with Gasteiger partial charge in [-0.05, 0) is 36.2 Å². The van der Waals surface area contributed by atoms with Crippen molar-refractivity contribution in [2.75, 3.05) is 13.2 Å². The molecule has 0 bridgehead atoms. The molecule has 2 rings (SSSR count). The number of aryl methyl sites for hydroxylation is 1. The van der Waals surface area contributed by atoms with Gasteiger partial charge in [0.15, 0.2) is 0 Å². The predicted molar refractivity (Wildman–Crippen MR) is 82.6 cm³/mol. The molecule has 0 saturated heterocycles. The third-order valence-corrected chi connectivity index (χ3v) is 3.15.